The summed E-state index contributed by atoms with van der Waals surface area (Å²) in [4.78, 5) is 26.7. The van der Waals surface area contributed by atoms with Gasteiger partial charge in [-0.2, -0.15) is 0 Å². The van der Waals surface area contributed by atoms with Gasteiger partial charge in [0.1, 0.15) is 5.75 Å². The summed E-state index contributed by atoms with van der Waals surface area (Å²) in [6.45, 7) is 0.0237. The molecule has 3 N–H and O–H groups in total. The molecule has 8 nitrogen and oxygen atoms in total. The summed E-state index contributed by atoms with van der Waals surface area (Å²) >= 11 is 0. The Bertz CT molecular complexity index is 921. The van der Waals surface area contributed by atoms with E-state index in [4.69, 9.17) is 4.74 Å². The van der Waals surface area contributed by atoms with E-state index in [1.54, 1.807) is 25.3 Å². The predicted molar refractivity (Wildman–Crippen MR) is 95.3 cm³/mol. The zero-order valence-corrected chi connectivity index (χ0v) is 14.9. The normalized spacial score (nSPS) is 11.4. The second-order valence-corrected chi connectivity index (χ2v) is 7.50. The fourth-order valence-corrected chi connectivity index (χ4v) is 2.88. The summed E-state index contributed by atoms with van der Waals surface area (Å²) in [6.07, 6.45) is 0.367. The number of aryl methyl sites for hydroxylation is 1. The molecule has 0 saturated carbocycles. The lowest BCUT2D eigenvalue weighted by Gasteiger charge is -2.07. The molecule has 0 atom stereocenters. The molecule has 1 heterocycles. The molecule has 0 bridgehead atoms. The van der Waals surface area contributed by atoms with E-state index >= 15 is 0 Å². The third kappa shape index (κ3) is 5.30. The Morgan fingerprint density at radius 3 is 2.72 bits per heavy atom. The Labute approximate surface area is 145 Å². The van der Waals surface area contributed by atoms with E-state index in [2.05, 4.69) is 15.0 Å². The van der Waals surface area contributed by atoms with Crippen LogP contribution in [0, 0.1) is 0 Å². The fourth-order valence-electron chi connectivity index (χ4n) is 2.30. The van der Waals surface area contributed by atoms with Crippen molar-refractivity contribution < 1.29 is 17.9 Å². The number of nitrogens with one attached hydrogen (secondary N) is 3. The first kappa shape index (κ1) is 18.9. The van der Waals surface area contributed by atoms with Crippen LogP contribution in [-0.4, -0.2) is 45.8 Å². The molecular weight excluding hydrogens is 346 g/mol. The molecule has 136 valence electrons. The first-order chi connectivity index (χ1) is 11.8. The molecule has 0 aliphatic heterocycles. The van der Waals surface area contributed by atoms with Crippen molar-refractivity contribution in [2.45, 2.75) is 12.8 Å². The van der Waals surface area contributed by atoms with Gasteiger partial charge >= 0.3 is 0 Å². The number of carbonyl (C=O) groups is 1. The Morgan fingerprint density at radius 1 is 1.28 bits per heavy atom. The summed E-state index contributed by atoms with van der Waals surface area (Å²) < 4.78 is 29.8. The van der Waals surface area contributed by atoms with Gasteiger partial charge in [0, 0.05) is 24.6 Å². The molecule has 0 aliphatic carbocycles. The molecule has 2 aromatic rings. The van der Waals surface area contributed by atoms with Gasteiger partial charge in [0.15, 0.2) is 0 Å². The molecule has 0 saturated heterocycles. The third-order valence-corrected chi connectivity index (χ3v) is 5.12. The van der Waals surface area contributed by atoms with Crippen LogP contribution in [-0.2, 0) is 21.2 Å². The minimum atomic E-state index is -3.35. The number of hydrogen-bond donors (Lipinski definition) is 3. The summed E-state index contributed by atoms with van der Waals surface area (Å²) in [5.41, 5.74) is 0.900. The van der Waals surface area contributed by atoms with Crippen molar-refractivity contribution in [2.75, 3.05) is 26.5 Å². The highest BCUT2D eigenvalue weighted by molar-refractivity contribution is 7.89. The number of methoxy groups -OCH3 is 1. The van der Waals surface area contributed by atoms with Crippen LogP contribution in [0.2, 0.25) is 0 Å². The van der Waals surface area contributed by atoms with Crippen LogP contribution in [0.3, 0.4) is 0 Å². The Morgan fingerprint density at radius 2 is 2.04 bits per heavy atom. The lowest BCUT2D eigenvalue weighted by molar-refractivity contribution is -0.120. The highest BCUT2D eigenvalue weighted by atomic mass is 32.2. The van der Waals surface area contributed by atoms with Gasteiger partial charge < -0.3 is 15.0 Å². The van der Waals surface area contributed by atoms with E-state index in [9.17, 15) is 18.0 Å². The first-order valence-corrected chi connectivity index (χ1v) is 9.38. The molecule has 1 aromatic heterocycles. The third-order valence-electron chi connectivity index (χ3n) is 3.76. The number of carbonyl (C=O) groups excluding carboxylic acids is 1. The summed E-state index contributed by atoms with van der Waals surface area (Å²) in [5.74, 6) is 0.153. The van der Waals surface area contributed by atoms with Gasteiger partial charge in [-0.25, -0.2) is 13.1 Å². The summed E-state index contributed by atoms with van der Waals surface area (Å²) in [6, 6.07) is 7.09. The lowest BCUT2D eigenvalue weighted by atomic mass is 10.1. The number of hydrogen-bond acceptors (Lipinski definition) is 5. The molecule has 1 amide bonds. The quantitative estimate of drug-likeness (QED) is 0.613. The molecule has 0 fully saturated rings. The molecular formula is C16H21N3O5S. The van der Waals surface area contributed by atoms with Crippen molar-refractivity contribution in [3.63, 3.8) is 0 Å². The van der Waals surface area contributed by atoms with Gasteiger partial charge in [-0.05, 0) is 37.1 Å². The van der Waals surface area contributed by atoms with Crippen molar-refractivity contribution in [3.05, 3.63) is 40.2 Å². The summed E-state index contributed by atoms with van der Waals surface area (Å²) in [5, 5.41) is 3.37. The smallest absolute Gasteiger partial charge is 0.251 e. The van der Waals surface area contributed by atoms with Crippen LogP contribution in [0.25, 0.3) is 10.9 Å². The standard InChI is InChI=1S/C16H21N3O5S/c1-17-25(22,23)8-7-18-15(20)6-4-12-9-11-3-5-13(24-2)10-14(11)19-16(12)21/h3,5,9-10,17H,4,6-8H2,1-2H3,(H,18,20)(H,19,21). The number of H-pyrrole nitrogens is 1. The minimum absolute atomic E-state index is 0.0237. The Hall–Kier alpha value is -2.39. The van der Waals surface area contributed by atoms with Gasteiger partial charge in [-0.15, -0.1) is 0 Å². The van der Waals surface area contributed by atoms with E-state index < -0.39 is 10.0 Å². The van der Waals surface area contributed by atoms with Gasteiger partial charge in [-0.3, -0.25) is 9.59 Å². The first-order valence-electron chi connectivity index (χ1n) is 7.72. The van der Waals surface area contributed by atoms with Crippen LogP contribution >= 0.6 is 0 Å². The van der Waals surface area contributed by atoms with Crippen LogP contribution in [0.5, 0.6) is 5.75 Å². The van der Waals surface area contributed by atoms with E-state index in [0.29, 0.717) is 16.8 Å². The number of ether oxygens (including phenoxy) is 1. The second kappa shape index (κ2) is 8.13. The van der Waals surface area contributed by atoms with E-state index in [-0.39, 0.29) is 36.6 Å². The van der Waals surface area contributed by atoms with Crippen molar-refractivity contribution in [3.8, 4) is 5.75 Å². The fraction of sp³-hybridized carbons (Fsp3) is 0.375. The average Bonchev–Trinajstić information content (AvgIpc) is 2.59. The molecule has 25 heavy (non-hydrogen) atoms. The lowest BCUT2D eigenvalue weighted by Crippen LogP contribution is -2.33. The minimum Gasteiger partial charge on any atom is -0.497 e. The number of amides is 1. The van der Waals surface area contributed by atoms with Crippen LogP contribution < -0.4 is 20.3 Å². The highest BCUT2D eigenvalue weighted by Crippen LogP contribution is 2.18. The molecule has 2 rings (SSSR count). The van der Waals surface area contributed by atoms with Crippen molar-refractivity contribution in [2.24, 2.45) is 0 Å². The zero-order valence-electron chi connectivity index (χ0n) is 14.1. The number of sulfonamides is 1. The largest absolute Gasteiger partial charge is 0.497 e. The Kier molecular flexibility index (Phi) is 6.16. The van der Waals surface area contributed by atoms with Gasteiger partial charge in [0.05, 0.1) is 18.4 Å². The van der Waals surface area contributed by atoms with E-state index in [1.165, 1.54) is 7.05 Å². The van der Waals surface area contributed by atoms with Gasteiger partial charge in [0.2, 0.25) is 15.9 Å². The van der Waals surface area contributed by atoms with Gasteiger partial charge in [-0.1, -0.05) is 0 Å². The average molecular weight is 367 g/mol. The maximum absolute atomic E-state index is 12.1. The predicted octanol–water partition coefficient (Wildman–Crippen LogP) is 0.135. The number of fused-ring (bicyclic) bond motifs is 1. The Balaban J connectivity index is 1.97. The van der Waals surface area contributed by atoms with Crippen LogP contribution in [0.4, 0.5) is 0 Å². The molecule has 9 heteroatoms. The molecule has 0 radical (unpaired) electrons. The molecule has 1 aromatic carbocycles. The maximum Gasteiger partial charge on any atom is 0.251 e. The van der Waals surface area contributed by atoms with E-state index in [1.807, 2.05) is 6.07 Å². The second-order valence-electron chi connectivity index (χ2n) is 5.45. The van der Waals surface area contributed by atoms with Crippen molar-refractivity contribution >= 4 is 26.8 Å². The maximum atomic E-state index is 12.1. The molecule has 0 spiro atoms. The topological polar surface area (TPSA) is 117 Å². The SMILES string of the molecule is CNS(=O)(=O)CCNC(=O)CCc1cc2ccc(OC)cc2[nH]c1=O. The highest BCUT2D eigenvalue weighted by Gasteiger charge is 2.10. The monoisotopic (exact) mass is 367 g/mol. The molecule has 0 aliphatic rings. The number of rotatable bonds is 8. The zero-order chi connectivity index (χ0) is 18.4. The van der Waals surface area contributed by atoms with Crippen LogP contribution in [0.15, 0.2) is 29.1 Å². The number of aromatic nitrogens is 1. The van der Waals surface area contributed by atoms with Gasteiger partial charge in [0.25, 0.3) is 5.56 Å². The van der Waals surface area contributed by atoms with Crippen molar-refractivity contribution in [1.82, 2.24) is 15.0 Å². The van der Waals surface area contributed by atoms with Crippen molar-refractivity contribution in [1.29, 1.82) is 0 Å². The van der Waals surface area contributed by atoms with Crippen LogP contribution in [0.1, 0.15) is 12.0 Å². The summed E-state index contributed by atoms with van der Waals surface area (Å²) in [7, 11) is -0.481. The number of pyridine rings is 1. The number of aromatic amines is 1. The molecule has 0 unspecified atom stereocenters. The van der Waals surface area contributed by atoms with E-state index in [0.717, 1.165) is 5.39 Å². The number of benzene rings is 1.